The largest absolute Gasteiger partial charge is 0.493 e. The molecule has 0 spiro atoms. The third kappa shape index (κ3) is 4.58. The lowest BCUT2D eigenvalue weighted by atomic mass is 9.73. The number of ketones is 1. The number of benzene rings is 2. The van der Waals surface area contributed by atoms with Gasteiger partial charge in [-0.2, -0.15) is 0 Å². The Balaban J connectivity index is 2.07. The molecule has 3 rings (SSSR count). The predicted molar refractivity (Wildman–Crippen MR) is 113 cm³/mol. The highest BCUT2D eigenvalue weighted by atomic mass is 16.6. The molecule has 2 atom stereocenters. The van der Waals surface area contributed by atoms with Crippen LogP contribution in [0.2, 0.25) is 0 Å². The number of carbonyl (C=O) groups is 2. The quantitative estimate of drug-likeness (QED) is 0.286. The van der Waals surface area contributed by atoms with E-state index in [1.165, 1.54) is 32.4 Å². The molecular formula is C23H23NO7. The average molecular weight is 425 g/mol. The second-order valence-corrected chi connectivity index (χ2v) is 7.03. The van der Waals surface area contributed by atoms with E-state index in [1.54, 1.807) is 37.3 Å². The number of allylic oxidation sites excluding steroid dienone is 2. The third-order valence-corrected chi connectivity index (χ3v) is 5.27. The Morgan fingerprint density at radius 1 is 1.13 bits per heavy atom. The smallest absolute Gasteiger partial charge is 0.317 e. The van der Waals surface area contributed by atoms with Crippen molar-refractivity contribution in [3.05, 3.63) is 69.8 Å². The molecule has 8 heteroatoms. The monoisotopic (exact) mass is 425 g/mol. The number of non-ortho nitro benzene ring substituents is 1. The van der Waals surface area contributed by atoms with Crippen molar-refractivity contribution in [1.29, 1.82) is 0 Å². The summed E-state index contributed by atoms with van der Waals surface area (Å²) in [6.07, 6.45) is 1.77. The first kappa shape index (κ1) is 22.0. The van der Waals surface area contributed by atoms with Crippen LogP contribution in [0.1, 0.15) is 30.4 Å². The van der Waals surface area contributed by atoms with E-state index in [0.717, 1.165) is 5.56 Å². The Morgan fingerprint density at radius 3 is 2.52 bits per heavy atom. The van der Waals surface area contributed by atoms with E-state index in [-0.39, 0.29) is 12.3 Å². The molecule has 0 bridgehead atoms. The lowest BCUT2D eigenvalue weighted by Crippen LogP contribution is -2.34. The van der Waals surface area contributed by atoms with Gasteiger partial charge in [0.05, 0.1) is 25.7 Å². The van der Waals surface area contributed by atoms with Crippen molar-refractivity contribution in [3.8, 4) is 11.5 Å². The van der Waals surface area contributed by atoms with Gasteiger partial charge in [-0.05, 0) is 48.3 Å². The first-order valence-electron chi connectivity index (χ1n) is 9.77. The Kier molecular flexibility index (Phi) is 6.69. The molecule has 8 nitrogen and oxygen atoms in total. The van der Waals surface area contributed by atoms with E-state index >= 15 is 0 Å². The fraction of sp³-hybridized carbons (Fsp3) is 0.304. The third-order valence-electron chi connectivity index (χ3n) is 5.27. The molecule has 1 aliphatic rings. The number of nitro groups is 1. The van der Waals surface area contributed by atoms with Gasteiger partial charge in [0.15, 0.2) is 17.3 Å². The Morgan fingerprint density at radius 2 is 1.87 bits per heavy atom. The maximum atomic E-state index is 13.0. The van der Waals surface area contributed by atoms with Crippen LogP contribution in [0.25, 0.3) is 5.57 Å². The van der Waals surface area contributed by atoms with Crippen molar-refractivity contribution < 1.29 is 28.7 Å². The van der Waals surface area contributed by atoms with Crippen LogP contribution in [0.3, 0.4) is 0 Å². The summed E-state index contributed by atoms with van der Waals surface area (Å²) in [6, 6.07) is 11.3. The molecule has 0 radical (unpaired) electrons. The summed E-state index contributed by atoms with van der Waals surface area (Å²) in [7, 11) is 3.05. The molecular weight excluding hydrogens is 402 g/mol. The van der Waals surface area contributed by atoms with Gasteiger partial charge in [0.25, 0.3) is 5.69 Å². The number of rotatable bonds is 7. The van der Waals surface area contributed by atoms with Crippen molar-refractivity contribution in [2.75, 3.05) is 20.8 Å². The van der Waals surface area contributed by atoms with Gasteiger partial charge in [0.1, 0.15) is 5.92 Å². The maximum absolute atomic E-state index is 13.0. The zero-order valence-corrected chi connectivity index (χ0v) is 17.5. The molecule has 0 fully saturated rings. The van der Waals surface area contributed by atoms with E-state index in [9.17, 15) is 19.7 Å². The summed E-state index contributed by atoms with van der Waals surface area (Å²) < 4.78 is 15.7. The van der Waals surface area contributed by atoms with E-state index in [0.29, 0.717) is 29.1 Å². The van der Waals surface area contributed by atoms with Crippen molar-refractivity contribution in [3.63, 3.8) is 0 Å². The SMILES string of the molecule is CCOC(=O)[C@H]1C(=O)C=C(c2ccc(OC)c(OC)c2)C[C@H]1c1cccc([N+](=O)[O-])c1. The first-order valence-corrected chi connectivity index (χ1v) is 9.77. The number of esters is 1. The van der Waals surface area contributed by atoms with Gasteiger partial charge in [0, 0.05) is 18.1 Å². The molecule has 0 amide bonds. The molecule has 31 heavy (non-hydrogen) atoms. The van der Waals surface area contributed by atoms with Crippen LogP contribution in [0.4, 0.5) is 5.69 Å². The molecule has 0 N–H and O–H groups in total. The molecule has 162 valence electrons. The molecule has 0 aliphatic heterocycles. The minimum absolute atomic E-state index is 0.102. The van der Waals surface area contributed by atoms with Gasteiger partial charge in [-0.3, -0.25) is 19.7 Å². The van der Waals surface area contributed by atoms with E-state index < -0.39 is 28.5 Å². The van der Waals surface area contributed by atoms with Crippen molar-refractivity contribution >= 4 is 23.0 Å². The topological polar surface area (TPSA) is 105 Å². The van der Waals surface area contributed by atoms with Gasteiger partial charge < -0.3 is 14.2 Å². The van der Waals surface area contributed by atoms with Crippen LogP contribution in [0.15, 0.2) is 48.5 Å². The van der Waals surface area contributed by atoms with E-state index in [4.69, 9.17) is 14.2 Å². The number of nitro benzene ring substituents is 1. The Labute approximate surface area is 179 Å². The second-order valence-electron chi connectivity index (χ2n) is 7.03. The standard InChI is InChI=1S/C23H23NO7/c1-4-31-23(26)22-18(15-6-5-7-17(10-15)24(27)28)11-16(12-19(22)25)14-8-9-20(29-2)21(13-14)30-3/h5-10,12-13,18,22H,4,11H2,1-3H3/t18-,22+/m0/s1. The predicted octanol–water partition coefficient (Wildman–Crippen LogP) is 3.93. The number of methoxy groups -OCH3 is 2. The van der Waals surface area contributed by atoms with Gasteiger partial charge in [-0.1, -0.05) is 18.2 Å². The average Bonchev–Trinajstić information content (AvgIpc) is 2.78. The Bertz CT molecular complexity index is 1040. The second kappa shape index (κ2) is 9.42. The molecule has 2 aromatic rings. The summed E-state index contributed by atoms with van der Waals surface area (Å²) in [4.78, 5) is 36.3. The van der Waals surface area contributed by atoms with E-state index in [1.807, 2.05) is 0 Å². The van der Waals surface area contributed by atoms with E-state index in [2.05, 4.69) is 0 Å². The molecule has 0 aromatic heterocycles. The lowest BCUT2D eigenvalue weighted by Gasteiger charge is -2.29. The van der Waals surface area contributed by atoms with Crippen LogP contribution < -0.4 is 9.47 Å². The molecule has 0 saturated heterocycles. The van der Waals surface area contributed by atoms with Crippen LogP contribution in [-0.4, -0.2) is 37.5 Å². The van der Waals surface area contributed by atoms with Gasteiger partial charge in [-0.25, -0.2) is 0 Å². The fourth-order valence-electron chi connectivity index (χ4n) is 3.80. The normalized spacial score (nSPS) is 18.2. The number of carbonyl (C=O) groups excluding carboxylic acids is 2. The summed E-state index contributed by atoms with van der Waals surface area (Å²) in [5.74, 6) is -1.63. The van der Waals surface area contributed by atoms with Gasteiger partial charge in [-0.15, -0.1) is 0 Å². The van der Waals surface area contributed by atoms with Gasteiger partial charge in [0.2, 0.25) is 0 Å². The zero-order valence-electron chi connectivity index (χ0n) is 17.5. The summed E-state index contributed by atoms with van der Waals surface area (Å²) in [5, 5.41) is 11.2. The Hall–Kier alpha value is -3.68. The molecule has 1 aliphatic carbocycles. The lowest BCUT2D eigenvalue weighted by molar-refractivity contribution is -0.384. The number of hydrogen-bond donors (Lipinski definition) is 0. The number of nitrogens with zero attached hydrogens (tertiary/aromatic N) is 1. The molecule has 0 heterocycles. The highest BCUT2D eigenvalue weighted by Gasteiger charge is 2.40. The number of ether oxygens (including phenoxy) is 3. The van der Waals surface area contributed by atoms with Crippen LogP contribution >= 0.6 is 0 Å². The van der Waals surface area contributed by atoms with Crippen molar-refractivity contribution in [1.82, 2.24) is 0 Å². The van der Waals surface area contributed by atoms with Crippen LogP contribution in [0, 0.1) is 16.0 Å². The number of hydrogen-bond acceptors (Lipinski definition) is 7. The summed E-state index contributed by atoms with van der Waals surface area (Å²) in [5.41, 5.74) is 1.87. The maximum Gasteiger partial charge on any atom is 0.317 e. The molecule has 0 unspecified atom stereocenters. The summed E-state index contributed by atoms with van der Waals surface area (Å²) >= 11 is 0. The van der Waals surface area contributed by atoms with Crippen LogP contribution in [0.5, 0.6) is 11.5 Å². The fourth-order valence-corrected chi connectivity index (χ4v) is 3.80. The zero-order chi connectivity index (χ0) is 22.5. The molecule has 2 aromatic carbocycles. The highest BCUT2D eigenvalue weighted by Crippen LogP contribution is 2.42. The summed E-state index contributed by atoms with van der Waals surface area (Å²) in [6.45, 7) is 1.80. The van der Waals surface area contributed by atoms with Gasteiger partial charge >= 0.3 is 5.97 Å². The highest BCUT2D eigenvalue weighted by molar-refractivity contribution is 6.10. The minimum atomic E-state index is -1.06. The molecule has 0 saturated carbocycles. The first-order chi connectivity index (χ1) is 14.9. The van der Waals surface area contributed by atoms with Crippen molar-refractivity contribution in [2.24, 2.45) is 5.92 Å². The minimum Gasteiger partial charge on any atom is -0.493 e. The van der Waals surface area contributed by atoms with Crippen molar-refractivity contribution in [2.45, 2.75) is 19.3 Å². The van der Waals surface area contributed by atoms with Crippen LogP contribution in [-0.2, 0) is 14.3 Å².